The summed E-state index contributed by atoms with van der Waals surface area (Å²) >= 11 is 0. The van der Waals surface area contributed by atoms with Gasteiger partial charge in [0.2, 0.25) is 0 Å². The molecule has 683 valence electrons. The standard InChI is InChI=1S/C22H26N4O5.C22H30N4O2.C17H23N3O.C16H16N2O3.C11H9NO2.C7H17N.3CH4.B.H2/c1-3-25(4-2)12-11-23-21(29)17-6-5-16-14-18(8-7-15(16)13-17)24-22(30)31-26-19(27)9-10-20(26)28;1-3-25(4-2)13-11-23-22(28)19-8-7-18-15-20(10-9-17(18)14-19)24-26-12-5-6-21(26)16-27;1-3-20(4-2)10-9-19-17(21)15-6-5-14-12-16(18)8-7-13(14)11-15;19-10-15-2-1-7-18(15)17-14-6-5-11-8-13(16(20)21)4-3-12(11)9-14;12-10-4-3-7-5-9(11(13)14)2-1-8(7)6-10;1-4-7-8(5-2)6-3;;;;;/h5-8,13-14H,3-4,9-12H2,1-2H3,(H,23,29)(H,24,30);7-10,14-16,21,24H,3-6,11-13H2,1-2H3,(H,23,28);5-8,11-12H,3-4,9-10,18H2,1-2H3,(H,19,21);3-6,8-10,15,17H,1-2,7H2,(H,20,21);1-6H,12H2,(H,13,14);4-7H2,1-3H3;3*1H4;;1H/t;21-;;15-;;;;;;;/m.0.0......./s1/i;;;;;;;;;;1+1. The fraction of sp³-hybridized carbons (Fsp3) is 0.388. The number of hydrazine groups is 2. The zero-order valence-electron chi connectivity index (χ0n) is 72.8. The molecular formula is C98H135BN15O13. The molecule has 0 spiro atoms. The van der Waals surface area contributed by atoms with Gasteiger partial charge in [-0.15, -0.1) is 5.06 Å². The number of nitrogens with one attached hydrogen (secondary N) is 6. The molecule has 3 heterocycles. The van der Waals surface area contributed by atoms with E-state index in [1.54, 1.807) is 78.9 Å². The van der Waals surface area contributed by atoms with Gasteiger partial charge in [-0.05, 0) is 266 Å². The first-order valence-corrected chi connectivity index (χ1v) is 42.6. The number of likely N-dealkylation sites (N-methyl/N-ethyl adjacent to an activating group) is 3. The van der Waals surface area contributed by atoms with Crippen LogP contribution in [0.15, 0.2) is 182 Å². The maximum Gasteiger partial charge on any atom is 0.436 e. The number of hydroxylamine groups is 2. The van der Waals surface area contributed by atoms with Gasteiger partial charge in [0.1, 0.15) is 12.6 Å². The molecule has 127 heavy (non-hydrogen) atoms. The van der Waals surface area contributed by atoms with Crippen molar-refractivity contribution in [2.45, 2.75) is 142 Å². The molecular weight excluding hydrogens is 1610 g/mol. The van der Waals surface area contributed by atoms with Gasteiger partial charge < -0.3 is 82.5 Å². The Morgan fingerprint density at radius 3 is 0.984 bits per heavy atom. The van der Waals surface area contributed by atoms with E-state index in [9.17, 15) is 47.9 Å². The quantitative estimate of drug-likeness (QED) is 0.00810. The third-order valence-electron chi connectivity index (χ3n) is 21.7. The van der Waals surface area contributed by atoms with Gasteiger partial charge in [0.25, 0.3) is 29.5 Å². The molecule has 10 aromatic rings. The lowest BCUT2D eigenvalue weighted by atomic mass is 10.1. The molecule has 3 aliphatic rings. The summed E-state index contributed by atoms with van der Waals surface area (Å²) < 4.78 is 0. The molecule has 3 fully saturated rings. The maximum absolute atomic E-state index is 12.4. The molecule has 0 aliphatic carbocycles. The number of hydrogen-bond acceptors (Lipinski definition) is 21. The minimum atomic E-state index is -0.926. The number of nitrogen functional groups attached to an aromatic ring is 2. The summed E-state index contributed by atoms with van der Waals surface area (Å²) in [7, 11) is 0. The first-order valence-electron chi connectivity index (χ1n) is 42.6. The van der Waals surface area contributed by atoms with Crippen molar-refractivity contribution in [2.75, 3.05) is 139 Å². The predicted molar refractivity (Wildman–Crippen MR) is 519 cm³/mol. The number of amides is 6. The summed E-state index contributed by atoms with van der Waals surface area (Å²) in [6.45, 7) is 35.0. The highest BCUT2D eigenvalue weighted by Gasteiger charge is 2.33. The molecule has 0 saturated carbocycles. The second-order valence-corrected chi connectivity index (χ2v) is 29.8. The van der Waals surface area contributed by atoms with Gasteiger partial charge in [-0.25, -0.2) is 24.4 Å². The lowest BCUT2D eigenvalue weighted by molar-refractivity contribution is -0.170. The van der Waals surface area contributed by atoms with Crippen LogP contribution in [0.3, 0.4) is 0 Å². The van der Waals surface area contributed by atoms with E-state index >= 15 is 0 Å². The Hall–Kier alpha value is -12.4. The predicted octanol–water partition coefficient (Wildman–Crippen LogP) is 16.1. The Morgan fingerprint density at radius 2 is 0.677 bits per heavy atom. The Balaban J connectivity index is 0.000000406. The molecule has 29 heteroatoms. The van der Waals surface area contributed by atoms with Crippen molar-refractivity contribution in [2.24, 2.45) is 0 Å². The second-order valence-electron chi connectivity index (χ2n) is 29.8. The van der Waals surface area contributed by atoms with Crippen molar-refractivity contribution < 1.29 is 64.4 Å². The van der Waals surface area contributed by atoms with Gasteiger partial charge in [-0.2, -0.15) is 0 Å². The van der Waals surface area contributed by atoms with E-state index in [0.717, 1.165) is 181 Å². The minimum absolute atomic E-state index is 0. The lowest BCUT2D eigenvalue weighted by Crippen LogP contribution is -2.35. The number of imide groups is 1. The van der Waals surface area contributed by atoms with Crippen molar-refractivity contribution in [1.82, 2.24) is 50.6 Å². The average molecular weight is 1740 g/mol. The number of aromatic carboxylic acids is 2. The summed E-state index contributed by atoms with van der Waals surface area (Å²) in [6.07, 6.45) is 6.22. The van der Waals surface area contributed by atoms with Gasteiger partial charge in [0, 0.05) is 120 Å². The molecule has 0 aromatic heterocycles. The van der Waals surface area contributed by atoms with Crippen molar-refractivity contribution in [3.63, 3.8) is 0 Å². The van der Waals surface area contributed by atoms with Crippen LogP contribution in [-0.2, 0) is 24.0 Å². The number of fused-ring (bicyclic) bond motifs is 5. The molecule has 6 amide bonds. The number of anilines is 5. The number of carbonyl (C=O) groups is 10. The molecule has 3 saturated heterocycles. The third-order valence-corrected chi connectivity index (χ3v) is 21.7. The van der Waals surface area contributed by atoms with Crippen LogP contribution in [0.4, 0.5) is 33.2 Å². The molecule has 28 nitrogen and oxygen atoms in total. The maximum atomic E-state index is 12.4. The molecule has 2 atom stereocenters. The van der Waals surface area contributed by atoms with Crippen molar-refractivity contribution in [3.05, 3.63) is 210 Å². The number of aldehydes is 2. The topological polar surface area (TPSA) is 367 Å². The van der Waals surface area contributed by atoms with Gasteiger partial charge in [-0.3, -0.25) is 29.3 Å². The molecule has 3 radical (unpaired) electrons. The number of carbonyl (C=O) groups excluding carboxylic acids is 8. The monoisotopic (exact) mass is 1740 g/mol. The largest absolute Gasteiger partial charge is 0.478 e. The lowest BCUT2D eigenvalue weighted by Gasteiger charge is -2.22. The summed E-state index contributed by atoms with van der Waals surface area (Å²) in [5.41, 5.74) is 24.2. The highest BCUT2D eigenvalue weighted by molar-refractivity contribution is 6.04. The average Bonchev–Trinajstić information content (AvgIpc) is 1.17. The van der Waals surface area contributed by atoms with E-state index in [1.807, 2.05) is 107 Å². The van der Waals surface area contributed by atoms with Crippen LogP contribution < -0.4 is 43.6 Å². The van der Waals surface area contributed by atoms with Crippen LogP contribution in [0.1, 0.15) is 183 Å². The van der Waals surface area contributed by atoms with Crippen molar-refractivity contribution in [1.29, 1.82) is 0 Å². The van der Waals surface area contributed by atoms with E-state index in [4.69, 9.17) is 26.5 Å². The van der Waals surface area contributed by atoms with E-state index in [-0.39, 0.29) is 80.3 Å². The van der Waals surface area contributed by atoms with Crippen LogP contribution in [0, 0.1) is 0 Å². The van der Waals surface area contributed by atoms with E-state index in [0.29, 0.717) is 58.3 Å². The van der Waals surface area contributed by atoms with Crippen LogP contribution in [0.2, 0.25) is 0 Å². The fourth-order valence-corrected chi connectivity index (χ4v) is 14.3. The molecule has 10 aromatic carbocycles. The van der Waals surface area contributed by atoms with Gasteiger partial charge in [0.15, 0.2) is 0 Å². The molecule has 3 aliphatic heterocycles. The smallest absolute Gasteiger partial charge is 0.436 e. The van der Waals surface area contributed by atoms with Crippen LogP contribution >= 0.6 is 0 Å². The Labute approximate surface area is 752 Å². The molecule has 0 bridgehead atoms. The minimum Gasteiger partial charge on any atom is -0.478 e. The highest BCUT2D eigenvalue weighted by Crippen LogP contribution is 2.28. The van der Waals surface area contributed by atoms with Crippen LogP contribution in [0.25, 0.3) is 53.9 Å². The number of nitrogens with zero attached hydrogens (tertiary/aromatic N) is 7. The number of nitrogens with two attached hydrogens (primary N) is 2. The second kappa shape index (κ2) is 55.2. The van der Waals surface area contributed by atoms with Gasteiger partial charge >= 0.3 is 18.0 Å². The summed E-state index contributed by atoms with van der Waals surface area (Å²) in [6, 6.07) is 54.7. The first-order chi connectivity index (χ1) is 59.4. The zero-order chi connectivity index (χ0) is 88.9. The van der Waals surface area contributed by atoms with Crippen molar-refractivity contribution >= 4 is 151 Å². The number of carboxylic acid groups (broad SMARTS) is 2. The third kappa shape index (κ3) is 32.8. The van der Waals surface area contributed by atoms with E-state index in [2.05, 4.69) is 120 Å². The summed E-state index contributed by atoms with van der Waals surface area (Å²) in [5.74, 6) is -3.13. The van der Waals surface area contributed by atoms with E-state index < -0.39 is 29.8 Å². The number of carboxylic acids is 2. The van der Waals surface area contributed by atoms with Gasteiger partial charge in [0.05, 0.1) is 23.2 Å². The van der Waals surface area contributed by atoms with Gasteiger partial charge in [-0.1, -0.05) is 145 Å². The molecule has 12 N–H and O–H groups in total. The summed E-state index contributed by atoms with van der Waals surface area (Å²) in [4.78, 5) is 130. The fourth-order valence-electron chi connectivity index (χ4n) is 14.3. The van der Waals surface area contributed by atoms with Crippen LogP contribution in [-0.4, -0.2) is 237 Å². The van der Waals surface area contributed by atoms with Crippen molar-refractivity contribution in [3.8, 4) is 0 Å². The number of rotatable bonds is 32. The normalized spacial score (nSPS) is 13.9. The first kappa shape index (κ1) is 107. The number of benzene rings is 10. The summed E-state index contributed by atoms with van der Waals surface area (Å²) in [5, 5.41) is 43.1. The molecule has 13 rings (SSSR count). The highest BCUT2D eigenvalue weighted by atomic mass is 16.7. The number of hydrogen-bond donors (Lipinski definition) is 10. The Bertz CT molecular complexity index is 5230. The Morgan fingerprint density at radius 1 is 0.402 bits per heavy atom. The SMILES string of the molecule is C.C.C.CCCN(CC)CC.CCN(CC)CCNC(=O)c1ccc2cc(N)ccc2c1.CCN(CC)CCNC(=O)c1ccc2cc(NC(=O)ON3C(=O)CCC3=O)ccc2c1.CCN(CC)CCNC(=O)c1ccc2cc(NN3CCC[C@H]3C=O)ccc2c1.Nc1ccc2cc(C(=O)O)ccc2c1.O=C[C@@H]1CCCN1Nc1ccc2cc(C(=O)O)ccc2c1.[2HH].[B]. The Kier molecular flexibility index (Phi) is 46.5. The zero-order valence-corrected chi connectivity index (χ0v) is 72.8. The molecule has 0 unspecified atom stereocenters. The van der Waals surface area contributed by atoms with Crippen LogP contribution in [0.5, 0.6) is 0 Å². The van der Waals surface area contributed by atoms with E-state index in [1.165, 1.54) is 26.1 Å².